The fraction of sp³-hybridized carbons (Fsp3) is 0.727. The van der Waals surface area contributed by atoms with E-state index in [0.717, 1.165) is 31.0 Å². The summed E-state index contributed by atoms with van der Waals surface area (Å²) in [6, 6.07) is 0. The van der Waals surface area contributed by atoms with Crippen molar-refractivity contribution in [1.82, 2.24) is 14.6 Å². The molecule has 1 aromatic heterocycles. The summed E-state index contributed by atoms with van der Waals surface area (Å²) in [5.41, 5.74) is 0. The summed E-state index contributed by atoms with van der Waals surface area (Å²) in [4.78, 5) is 6.06. The maximum absolute atomic E-state index is 11.9. The van der Waals surface area contributed by atoms with Crippen LogP contribution in [-0.4, -0.2) is 44.5 Å². The van der Waals surface area contributed by atoms with E-state index in [1.54, 1.807) is 0 Å². The van der Waals surface area contributed by atoms with E-state index in [1.807, 2.05) is 0 Å². The summed E-state index contributed by atoms with van der Waals surface area (Å²) >= 11 is 6.62. The molecule has 0 amide bonds. The number of hydrogen-bond acceptors (Lipinski definition) is 5. The average molecular weight is 324 g/mol. The van der Waals surface area contributed by atoms with Gasteiger partial charge in [0.25, 0.3) is 10.0 Å². The van der Waals surface area contributed by atoms with Crippen LogP contribution in [0.2, 0.25) is 4.47 Å². The van der Waals surface area contributed by atoms with Crippen LogP contribution < -0.4 is 4.72 Å². The fourth-order valence-electron chi connectivity index (χ4n) is 2.13. The second-order valence-corrected chi connectivity index (χ2v) is 8.19. The molecule has 0 aliphatic carbocycles. The fourth-order valence-corrected chi connectivity index (χ4v) is 4.49. The van der Waals surface area contributed by atoms with Gasteiger partial charge in [0.1, 0.15) is 0 Å². The first-order valence-electron chi connectivity index (χ1n) is 6.41. The summed E-state index contributed by atoms with van der Waals surface area (Å²) in [6.07, 6.45) is 6.26. The van der Waals surface area contributed by atoms with E-state index in [1.165, 1.54) is 31.9 Å². The van der Waals surface area contributed by atoms with Crippen molar-refractivity contribution in [2.75, 3.05) is 26.2 Å². The van der Waals surface area contributed by atoms with Crippen molar-refractivity contribution < 1.29 is 8.42 Å². The molecular formula is C11H18ClN3O2S2. The van der Waals surface area contributed by atoms with Gasteiger partial charge in [0, 0.05) is 13.1 Å². The number of rotatable bonds is 5. The lowest BCUT2D eigenvalue weighted by Gasteiger charge is -2.19. The Bertz CT molecular complexity index is 496. The molecule has 2 heterocycles. The second kappa shape index (κ2) is 6.99. The highest BCUT2D eigenvalue weighted by Crippen LogP contribution is 2.21. The second-order valence-electron chi connectivity index (χ2n) is 4.59. The molecule has 2 rings (SSSR count). The molecule has 5 nitrogen and oxygen atoms in total. The monoisotopic (exact) mass is 323 g/mol. The van der Waals surface area contributed by atoms with Crippen molar-refractivity contribution in [2.45, 2.75) is 29.9 Å². The van der Waals surface area contributed by atoms with Crippen LogP contribution in [0.15, 0.2) is 10.4 Å². The Morgan fingerprint density at radius 1 is 1.32 bits per heavy atom. The van der Waals surface area contributed by atoms with Crippen molar-refractivity contribution >= 4 is 33.0 Å². The number of thiazole rings is 1. The number of halogens is 1. The molecule has 19 heavy (non-hydrogen) atoms. The van der Waals surface area contributed by atoms with Crippen LogP contribution in [0, 0.1) is 0 Å². The van der Waals surface area contributed by atoms with Gasteiger partial charge < -0.3 is 4.90 Å². The first-order chi connectivity index (χ1) is 9.08. The molecule has 1 aromatic rings. The quantitative estimate of drug-likeness (QED) is 0.899. The third kappa shape index (κ3) is 4.68. The van der Waals surface area contributed by atoms with Crippen LogP contribution in [-0.2, 0) is 10.0 Å². The summed E-state index contributed by atoms with van der Waals surface area (Å²) in [5.74, 6) is 0. The molecule has 108 valence electrons. The number of sulfonamides is 1. The van der Waals surface area contributed by atoms with Gasteiger partial charge in [-0.25, -0.2) is 18.1 Å². The summed E-state index contributed by atoms with van der Waals surface area (Å²) in [5, 5.41) is 0. The molecular weight excluding hydrogens is 306 g/mol. The number of hydrogen-bond donors (Lipinski definition) is 1. The van der Waals surface area contributed by atoms with Crippen LogP contribution in [0.25, 0.3) is 0 Å². The largest absolute Gasteiger partial charge is 0.302 e. The number of nitrogens with zero attached hydrogens (tertiary/aromatic N) is 2. The van der Waals surface area contributed by atoms with Crippen molar-refractivity contribution in [3.8, 4) is 0 Å². The SMILES string of the molecule is O=S(=O)(NCCN1CCCCCC1)c1cnc(Cl)s1. The Kier molecular flexibility index (Phi) is 5.58. The van der Waals surface area contributed by atoms with Crippen molar-refractivity contribution in [2.24, 2.45) is 0 Å². The summed E-state index contributed by atoms with van der Waals surface area (Å²) < 4.78 is 26.9. The van der Waals surface area contributed by atoms with Gasteiger partial charge >= 0.3 is 0 Å². The van der Waals surface area contributed by atoms with Gasteiger partial charge in [-0.05, 0) is 25.9 Å². The third-order valence-corrected chi connectivity index (χ3v) is 6.18. The molecule has 1 fully saturated rings. The van der Waals surface area contributed by atoms with Gasteiger partial charge in [-0.3, -0.25) is 0 Å². The lowest BCUT2D eigenvalue weighted by Crippen LogP contribution is -2.35. The van der Waals surface area contributed by atoms with Crippen molar-refractivity contribution in [3.63, 3.8) is 0 Å². The van der Waals surface area contributed by atoms with Crippen molar-refractivity contribution in [3.05, 3.63) is 10.7 Å². The van der Waals surface area contributed by atoms with Gasteiger partial charge in [-0.1, -0.05) is 35.8 Å². The van der Waals surface area contributed by atoms with E-state index in [2.05, 4.69) is 14.6 Å². The van der Waals surface area contributed by atoms with Crippen LogP contribution in [0.5, 0.6) is 0 Å². The average Bonchev–Trinajstić information content (AvgIpc) is 2.64. The Hall–Kier alpha value is -0.210. The lowest BCUT2D eigenvalue weighted by atomic mass is 10.2. The number of aromatic nitrogens is 1. The Morgan fingerprint density at radius 2 is 2.00 bits per heavy atom. The number of nitrogens with one attached hydrogen (secondary N) is 1. The molecule has 0 saturated carbocycles. The summed E-state index contributed by atoms with van der Waals surface area (Å²) in [6.45, 7) is 3.31. The van der Waals surface area contributed by atoms with Crippen molar-refractivity contribution in [1.29, 1.82) is 0 Å². The van der Waals surface area contributed by atoms with Crippen LogP contribution in [0.4, 0.5) is 0 Å². The van der Waals surface area contributed by atoms with Crippen LogP contribution in [0.3, 0.4) is 0 Å². The lowest BCUT2D eigenvalue weighted by molar-refractivity contribution is 0.290. The van der Waals surface area contributed by atoms with Gasteiger partial charge in [0.2, 0.25) is 0 Å². The Labute approximate surface area is 123 Å². The summed E-state index contributed by atoms with van der Waals surface area (Å²) in [7, 11) is -3.45. The smallest absolute Gasteiger partial charge is 0.251 e. The molecule has 0 atom stereocenters. The highest BCUT2D eigenvalue weighted by atomic mass is 35.5. The molecule has 0 unspecified atom stereocenters. The molecule has 1 aliphatic rings. The molecule has 0 radical (unpaired) electrons. The van der Waals surface area contributed by atoms with Crippen LogP contribution >= 0.6 is 22.9 Å². The molecule has 1 aliphatic heterocycles. The van der Waals surface area contributed by atoms with E-state index in [-0.39, 0.29) is 8.68 Å². The predicted molar refractivity (Wildman–Crippen MR) is 77.2 cm³/mol. The highest BCUT2D eigenvalue weighted by molar-refractivity contribution is 7.91. The standard InChI is InChI=1S/C11H18ClN3O2S2/c12-11-13-9-10(18-11)19(16,17)14-5-8-15-6-3-1-2-4-7-15/h9,14H,1-8H2. The van der Waals surface area contributed by atoms with E-state index in [4.69, 9.17) is 11.6 Å². The zero-order valence-electron chi connectivity index (χ0n) is 10.6. The first kappa shape index (κ1) is 15.2. The zero-order valence-corrected chi connectivity index (χ0v) is 13.0. The highest BCUT2D eigenvalue weighted by Gasteiger charge is 2.17. The normalized spacial score (nSPS) is 18.4. The minimum Gasteiger partial charge on any atom is -0.302 e. The van der Waals surface area contributed by atoms with Crippen LogP contribution in [0.1, 0.15) is 25.7 Å². The minimum absolute atomic E-state index is 0.174. The maximum Gasteiger partial charge on any atom is 0.251 e. The topological polar surface area (TPSA) is 62.3 Å². The van der Waals surface area contributed by atoms with E-state index in [0.29, 0.717) is 6.54 Å². The molecule has 8 heteroatoms. The van der Waals surface area contributed by atoms with Gasteiger partial charge in [-0.2, -0.15) is 0 Å². The maximum atomic E-state index is 11.9. The Morgan fingerprint density at radius 3 is 2.58 bits per heavy atom. The number of likely N-dealkylation sites (tertiary alicyclic amines) is 1. The third-order valence-electron chi connectivity index (χ3n) is 3.14. The van der Waals surface area contributed by atoms with Gasteiger partial charge in [0.15, 0.2) is 8.68 Å². The molecule has 1 saturated heterocycles. The van der Waals surface area contributed by atoms with Gasteiger partial charge in [-0.15, -0.1) is 0 Å². The molecule has 1 N–H and O–H groups in total. The van der Waals surface area contributed by atoms with Gasteiger partial charge in [0.05, 0.1) is 6.20 Å². The molecule has 0 aromatic carbocycles. The molecule has 0 spiro atoms. The predicted octanol–water partition coefficient (Wildman–Crippen LogP) is 1.95. The van der Waals surface area contributed by atoms with E-state index < -0.39 is 10.0 Å². The molecule has 0 bridgehead atoms. The van der Waals surface area contributed by atoms with E-state index >= 15 is 0 Å². The first-order valence-corrected chi connectivity index (χ1v) is 9.09. The zero-order chi connectivity index (χ0) is 13.7. The van der Waals surface area contributed by atoms with E-state index in [9.17, 15) is 8.42 Å². The minimum atomic E-state index is -3.45. The Balaban J connectivity index is 1.81.